The molecule has 1 N–H and O–H groups in total. The smallest absolute Gasteiger partial charge is 0.321 e. The van der Waals surface area contributed by atoms with E-state index in [0.29, 0.717) is 26.2 Å². The van der Waals surface area contributed by atoms with Gasteiger partial charge in [0.25, 0.3) is 0 Å². The van der Waals surface area contributed by atoms with Crippen LogP contribution in [0.3, 0.4) is 0 Å². The maximum atomic E-state index is 12.7. The standard InChI is InChI=1S/C19H27N5O2/c1-4-23(5-2)18(25)14-7-6-10-24(12-14)19(26)21-15-8-9-17-16(11-15)20-13-22(17)3/h8-9,11,13-14H,4-7,10,12H2,1-3H3,(H,21,26)/t14-/m0/s1. The van der Waals surface area contributed by atoms with Gasteiger partial charge >= 0.3 is 6.03 Å². The molecule has 1 atom stereocenters. The second-order valence-corrected chi connectivity index (χ2v) is 6.78. The van der Waals surface area contributed by atoms with Gasteiger partial charge < -0.3 is 19.7 Å². The molecule has 1 aliphatic heterocycles. The number of anilines is 1. The number of hydrogen-bond acceptors (Lipinski definition) is 3. The molecule has 1 aliphatic rings. The van der Waals surface area contributed by atoms with Crippen molar-refractivity contribution in [3.8, 4) is 0 Å². The zero-order valence-electron chi connectivity index (χ0n) is 15.7. The van der Waals surface area contributed by atoms with Crippen LogP contribution in [0.1, 0.15) is 26.7 Å². The van der Waals surface area contributed by atoms with E-state index in [-0.39, 0.29) is 17.9 Å². The lowest BCUT2D eigenvalue weighted by molar-refractivity contribution is -0.136. The minimum Gasteiger partial charge on any atom is -0.343 e. The summed E-state index contributed by atoms with van der Waals surface area (Å²) >= 11 is 0. The van der Waals surface area contributed by atoms with Crippen molar-refractivity contribution in [3.63, 3.8) is 0 Å². The average molecular weight is 357 g/mol. The Hall–Kier alpha value is -2.57. The number of hydrogen-bond donors (Lipinski definition) is 1. The Morgan fingerprint density at radius 1 is 1.31 bits per heavy atom. The molecule has 0 saturated carbocycles. The summed E-state index contributed by atoms with van der Waals surface area (Å²) in [6.07, 6.45) is 3.45. The molecule has 2 heterocycles. The zero-order valence-corrected chi connectivity index (χ0v) is 15.7. The molecule has 7 heteroatoms. The highest BCUT2D eigenvalue weighted by Crippen LogP contribution is 2.21. The second kappa shape index (κ2) is 7.76. The topological polar surface area (TPSA) is 70.5 Å². The number of carbonyl (C=O) groups excluding carboxylic acids is 2. The van der Waals surface area contributed by atoms with E-state index < -0.39 is 0 Å². The molecule has 0 aliphatic carbocycles. The lowest BCUT2D eigenvalue weighted by atomic mass is 9.96. The number of likely N-dealkylation sites (tertiary alicyclic amines) is 1. The van der Waals surface area contributed by atoms with Crippen LogP contribution in [0.2, 0.25) is 0 Å². The van der Waals surface area contributed by atoms with Crippen LogP contribution in [0, 0.1) is 5.92 Å². The fourth-order valence-corrected chi connectivity index (χ4v) is 3.57. The maximum Gasteiger partial charge on any atom is 0.321 e. The summed E-state index contributed by atoms with van der Waals surface area (Å²) in [5, 5.41) is 2.94. The molecule has 0 spiro atoms. The third-order valence-electron chi connectivity index (χ3n) is 5.11. The Labute approximate surface area is 154 Å². The Balaban J connectivity index is 1.65. The van der Waals surface area contributed by atoms with Crippen LogP contribution in [-0.4, -0.2) is 57.5 Å². The van der Waals surface area contributed by atoms with Gasteiger partial charge in [-0.05, 0) is 44.9 Å². The van der Waals surface area contributed by atoms with Gasteiger partial charge in [0.2, 0.25) is 5.91 Å². The summed E-state index contributed by atoms with van der Waals surface area (Å²) < 4.78 is 1.94. The number of imidazole rings is 1. The van der Waals surface area contributed by atoms with Crippen molar-refractivity contribution in [1.29, 1.82) is 0 Å². The number of carbonyl (C=O) groups is 2. The summed E-state index contributed by atoms with van der Waals surface area (Å²) in [4.78, 5) is 33.2. The van der Waals surface area contributed by atoms with Gasteiger partial charge in [-0.25, -0.2) is 9.78 Å². The van der Waals surface area contributed by atoms with Crippen LogP contribution >= 0.6 is 0 Å². The molecule has 3 rings (SSSR count). The van der Waals surface area contributed by atoms with E-state index >= 15 is 0 Å². The first-order valence-corrected chi connectivity index (χ1v) is 9.29. The number of benzene rings is 1. The Morgan fingerprint density at radius 2 is 2.08 bits per heavy atom. The summed E-state index contributed by atoms with van der Waals surface area (Å²) in [5.74, 6) is 0.0510. The van der Waals surface area contributed by atoms with E-state index in [1.807, 2.05) is 48.6 Å². The Bertz CT molecular complexity index is 796. The Kier molecular flexibility index (Phi) is 5.44. The molecule has 1 aromatic carbocycles. The van der Waals surface area contributed by atoms with E-state index in [1.165, 1.54) is 0 Å². The minimum absolute atomic E-state index is 0.104. The lowest BCUT2D eigenvalue weighted by Crippen LogP contribution is -2.47. The van der Waals surface area contributed by atoms with Crippen molar-refractivity contribution in [1.82, 2.24) is 19.4 Å². The molecule has 2 aromatic rings. The number of aromatic nitrogens is 2. The predicted molar refractivity (Wildman–Crippen MR) is 102 cm³/mol. The van der Waals surface area contributed by atoms with Gasteiger partial charge in [0.15, 0.2) is 0 Å². The number of piperidine rings is 1. The van der Waals surface area contributed by atoms with Crippen LogP contribution in [0.15, 0.2) is 24.5 Å². The van der Waals surface area contributed by atoms with Crippen LogP contribution in [0.5, 0.6) is 0 Å². The van der Waals surface area contributed by atoms with Crippen LogP contribution in [-0.2, 0) is 11.8 Å². The van der Waals surface area contributed by atoms with Gasteiger partial charge in [0.05, 0.1) is 23.3 Å². The van der Waals surface area contributed by atoms with Crippen molar-refractivity contribution >= 4 is 28.7 Å². The predicted octanol–water partition coefficient (Wildman–Crippen LogP) is 2.69. The monoisotopic (exact) mass is 357 g/mol. The SMILES string of the molecule is CCN(CC)C(=O)[C@H]1CCCN(C(=O)Nc2ccc3c(c2)ncn3C)C1. The molecule has 1 saturated heterocycles. The van der Waals surface area contributed by atoms with Crippen molar-refractivity contribution < 1.29 is 9.59 Å². The van der Waals surface area contributed by atoms with Crippen molar-refractivity contribution in [2.24, 2.45) is 13.0 Å². The number of urea groups is 1. The number of fused-ring (bicyclic) bond motifs is 1. The third-order valence-corrected chi connectivity index (χ3v) is 5.11. The summed E-state index contributed by atoms with van der Waals surface area (Å²) in [5.41, 5.74) is 2.59. The summed E-state index contributed by atoms with van der Waals surface area (Å²) in [6, 6.07) is 5.54. The number of nitrogens with zero attached hydrogens (tertiary/aromatic N) is 4. The van der Waals surface area contributed by atoms with Crippen molar-refractivity contribution in [2.45, 2.75) is 26.7 Å². The minimum atomic E-state index is -0.155. The lowest BCUT2D eigenvalue weighted by Gasteiger charge is -2.34. The quantitative estimate of drug-likeness (QED) is 0.914. The summed E-state index contributed by atoms with van der Waals surface area (Å²) in [6.45, 7) is 6.56. The first-order valence-electron chi connectivity index (χ1n) is 9.29. The number of rotatable bonds is 4. The summed E-state index contributed by atoms with van der Waals surface area (Å²) in [7, 11) is 1.94. The highest BCUT2D eigenvalue weighted by atomic mass is 16.2. The third kappa shape index (κ3) is 3.66. The van der Waals surface area contributed by atoms with Gasteiger partial charge in [-0.2, -0.15) is 0 Å². The molecule has 0 bridgehead atoms. The van der Waals surface area contributed by atoms with Gasteiger partial charge in [0, 0.05) is 38.9 Å². The normalized spacial score (nSPS) is 17.3. The van der Waals surface area contributed by atoms with Crippen molar-refractivity contribution in [2.75, 3.05) is 31.5 Å². The zero-order chi connectivity index (χ0) is 18.7. The maximum absolute atomic E-state index is 12.7. The van der Waals surface area contributed by atoms with Crippen LogP contribution < -0.4 is 5.32 Å². The van der Waals surface area contributed by atoms with Crippen LogP contribution in [0.4, 0.5) is 10.5 Å². The van der Waals surface area contributed by atoms with Crippen LogP contribution in [0.25, 0.3) is 11.0 Å². The van der Waals surface area contributed by atoms with Gasteiger partial charge in [-0.1, -0.05) is 0 Å². The average Bonchev–Trinajstić information content (AvgIpc) is 3.03. The molecule has 7 nitrogen and oxygen atoms in total. The molecule has 140 valence electrons. The number of nitrogens with one attached hydrogen (secondary N) is 1. The van der Waals surface area contributed by atoms with Gasteiger partial charge in [-0.15, -0.1) is 0 Å². The van der Waals surface area contributed by atoms with E-state index in [0.717, 1.165) is 29.6 Å². The molecule has 1 fully saturated rings. The molecule has 0 radical (unpaired) electrons. The highest BCUT2D eigenvalue weighted by molar-refractivity contribution is 5.92. The molecular formula is C19H27N5O2. The fourth-order valence-electron chi connectivity index (χ4n) is 3.57. The molecular weight excluding hydrogens is 330 g/mol. The van der Waals surface area contributed by atoms with Gasteiger partial charge in [-0.3, -0.25) is 4.79 Å². The molecule has 0 unspecified atom stereocenters. The number of aryl methyl sites for hydroxylation is 1. The van der Waals surface area contributed by atoms with E-state index in [2.05, 4.69) is 10.3 Å². The first kappa shape index (κ1) is 18.2. The van der Waals surface area contributed by atoms with Gasteiger partial charge in [0.1, 0.15) is 0 Å². The molecule has 3 amide bonds. The first-order chi connectivity index (χ1) is 12.5. The van der Waals surface area contributed by atoms with E-state index in [1.54, 1.807) is 11.2 Å². The number of amides is 3. The molecule has 26 heavy (non-hydrogen) atoms. The van der Waals surface area contributed by atoms with E-state index in [4.69, 9.17) is 0 Å². The van der Waals surface area contributed by atoms with Crippen molar-refractivity contribution in [3.05, 3.63) is 24.5 Å². The second-order valence-electron chi connectivity index (χ2n) is 6.78. The molecule has 1 aromatic heterocycles. The van der Waals surface area contributed by atoms with E-state index in [9.17, 15) is 9.59 Å². The largest absolute Gasteiger partial charge is 0.343 e. The Morgan fingerprint density at radius 3 is 2.81 bits per heavy atom. The fraction of sp³-hybridized carbons (Fsp3) is 0.526. The highest BCUT2D eigenvalue weighted by Gasteiger charge is 2.30.